The Kier molecular flexibility index (Phi) is 3.21. The zero-order chi connectivity index (χ0) is 12.5. The fourth-order valence-electron chi connectivity index (χ4n) is 0.904. The van der Waals surface area contributed by atoms with Crippen molar-refractivity contribution >= 4 is 6.08 Å². The minimum atomic E-state index is -2.31. The van der Waals surface area contributed by atoms with E-state index >= 15 is 0 Å². The van der Waals surface area contributed by atoms with E-state index in [2.05, 4.69) is 0 Å². The Balaban J connectivity index is 3.45. The molecule has 0 amide bonds. The SMILES string of the molecule is O=[N+]([O-])/C=C/c1c(F)c(F)c(F)c(F)c1F. The van der Waals surface area contributed by atoms with Gasteiger partial charge in [0, 0.05) is 6.08 Å². The molecule has 8 heteroatoms. The van der Waals surface area contributed by atoms with Gasteiger partial charge in [-0.2, -0.15) is 0 Å². The third-order valence-corrected chi connectivity index (χ3v) is 1.61. The summed E-state index contributed by atoms with van der Waals surface area (Å²) >= 11 is 0. The van der Waals surface area contributed by atoms with Gasteiger partial charge in [-0.15, -0.1) is 0 Å². The van der Waals surface area contributed by atoms with Crippen LogP contribution in [-0.4, -0.2) is 4.92 Å². The number of halogens is 5. The first-order valence-electron chi connectivity index (χ1n) is 3.69. The summed E-state index contributed by atoms with van der Waals surface area (Å²) in [6.45, 7) is 0. The number of benzene rings is 1. The van der Waals surface area contributed by atoms with Gasteiger partial charge < -0.3 is 0 Å². The van der Waals surface area contributed by atoms with E-state index in [4.69, 9.17) is 0 Å². The summed E-state index contributed by atoms with van der Waals surface area (Å²) in [6.07, 6.45) is 0.258. The van der Waals surface area contributed by atoms with Gasteiger partial charge in [-0.3, -0.25) is 10.1 Å². The van der Waals surface area contributed by atoms with Crippen molar-refractivity contribution < 1.29 is 26.9 Å². The summed E-state index contributed by atoms with van der Waals surface area (Å²) < 4.78 is 63.4. The molecule has 86 valence electrons. The minimum absolute atomic E-state index is 0.0677. The van der Waals surface area contributed by atoms with Crippen LogP contribution in [-0.2, 0) is 0 Å². The van der Waals surface area contributed by atoms with Crippen LogP contribution in [0.1, 0.15) is 5.56 Å². The van der Waals surface area contributed by atoms with E-state index in [1.165, 1.54) is 0 Å². The van der Waals surface area contributed by atoms with Crippen molar-refractivity contribution in [2.45, 2.75) is 0 Å². The predicted molar refractivity (Wildman–Crippen MR) is 42.3 cm³/mol. The number of nitrogens with zero attached hydrogens (tertiary/aromatic N) is 1. The third-order valence-electron chi connectivity index (χ3n) is 1.61. The van der Waals surface area contributed by atoms with Crippen molar-refractivity contribution in [2.24, 2.45) is 0 Å². The Labute approximate surface area is 85.0 Å². The molecule has 0 saturated carbocycles. The summed E-state index contributed by atoms with van der Waals surface area (Å²) in [5.41, 5.74) is -1.35. The Morgan fingerprint density at radius 1 is 0.875 bits per heavy atom. The first-order chi connectivity index (χ1) is 7.36. The third kappa shape index (κ3) is 2.00. The zero-order valence-corrected chi connectivity index (χ0v) is 7.31. The van der Waals surface area contributed by atoms with Crippen LogP contribution in [0.25, 0.3) is 6.08 Å². The van der Waals surface area contributed by atoms with Crippen LogP contribution in [0.15, 0.2) is 6.20 Å². The maximum Gasteiger partial charge on any atom is 0.235 e. The molecule has 16 heavy (non-hydrogen) atoms. The Bertz CT molecular complexity index is 457. The minimum Gasteiger partial charge on any atom is -0.259 e. The van der Waals surface area contributed by atoms with Crippen LogP contribution in [0, 0.1) is 39.2 Å². The molecule has 0 aliphatic carbocycles. The molecule has 0 fully saturated rings. The van der Waals surface area contributed by atoms with E-state index < -0.39 is 39.6 Å². The summed E-state index contributed by atoms with van der Waals surface area (Å²) in [7, 11) is 0. The number of nitro groups is 1. The Hall–Kier alpha value is -1.99. The zero-order valence-electron chi connectivity index (χ0n) is 7.31. The average molecular weight is 239 g/mol. The summed E-state index contributed by atoms with van der Waals surface area (Å²) in [4.78, 5) is 8.75. The van der Waals surface area contributed by atoms with Crippen molar-refractivity contribution in [3.63, 3.8) is 0 Å². The Morgan fingerprint density at radius 3 is 1.62 bits per heavy atom. The van der Waals surface area contributed by atoms with Gasteiger partial charge >= 0.3 is 0 Å². The average Bonchev–Trinajstić information content (AvgIpc) is 2.23. The van der Waals surface area contributed by atoms with Gasteiger partial charge in [0.15, 0.2) is 23.3 Å². The van der Waals surface area contributed by atoms with Crippen LogP contribution in [0.5, 0.6) is 0 Å². The van der Waals surface area contributed by atoms with Crippen molar-refractivity contribution in [1.82, 2.24) is 0 Å². The highest BCUT2D eigenvalue weighted by Crippen LogP contribution is 2.23. The quantitative estimate of drug-likeness (QED) is 0.262. The molecule has 0 N–H and O–H groups in total. The van der Waals surface area contributed by atoms with Gasteiger partial charge in [-0.05, 0) is 0 Å². The largest absolute Gasteiger partial charge is 0.259 e. The lowest BCUT2D eigenvalue weighted by Gasteiger charge is -2.02. The molecule has 0 bridgehead atoms. The van der Waals surface area contributed by atoms with Gasteiger partial charge in [0.1, 0.15) is 0 Å². The van der Waals surface area contributed by atoms with Crippen LogP contribution in [0.3, 0.4) is 0 Å². The molecule has 0 heterocycles. The molecular weight excluding hydrogens is 237 g/mol. The van der Waals surface area contributed by atoms with E-state index in [0.717, 1.165) is 0 Å². The van der Waals surface area contributed by atoms with Crippen molar-refractivity contribution in [2.75, 3.05) is 0 Å². The molecule has 1 aromatic carbocycles. The molecule has 0 aliphatic rings. The highest BCUT2D eigenvalue weighted by atomic mass is 19.2. The Morgan fingerprint density at radius 2 is 1.25 bits per heavy atom. The maximum atomic E-state index is 12.9. The second-order valence-electron chi connectivity index (χ2n) is 2.58. The molecule has 0 saturated heterocycles. The molecule has 3 nitrogen and oxygen atoms in total. The standard InChI is InChI=1S/C8H2F5NO2/c9-4-3(1-2-14(15)16)5(10)7(12)8(13)6(4)11/h1-2H/b2-1+. The first kappa shape index (κ1) is 12.1. The molecule has 0 aliphatic heterocycles. The van der Waals surface area contributed by atoms with Crippen LogP contribution < -0.4 is 0 Å². The van der Waals surface area contributed by atoms with E-state index in [0.29, 0.717) is 0 Å². The summed E-state index contributed by atoms with van der Waals surface area (Å²) in [5, 5.41) is 9.84. The van der Waals surface area contributed by atoms with Gasteiger partial charge in [0.2, 0.25) is 12.0 Å². The molecule has 0 spiro atoms. The van der Waals surface area contributed by atoms with Crippen LogP contribution in [0.2, 0.25) is 0 Å². The van der Waals surface area contributed by atoms with Gasteiger partial charge in [0.25, 0.3) is 0 Å². The van der Waals surface area contributed by atoms with E-state index in [1.807, 2.05) is 0 Å². The molecule has 0 aromatic heterocycles. The summed E-state index contributed by atoms with van der Waals surface area (Å²) in [6, 6.07) is 0. The molecule has 1 rings (SSSR count). The monoisotopic (exact) mass is 239 g/mol. The van der Waals surface area contributed by atoms with Gasteiger partial charge in [0.05, 0.1) is 10.5 Å². The van der Waals surface area contributed by atoms with Crippen LogP contribution >= 0.6 is 0 Å². The molecule has 0 unspecified atom stereocenters. The lowest BCUT2D eigenvalue weighted by Crippen LogP contribution is -2.04. The number of hydrogen-bond donors (Lipinski definition) is 0. The number of rotatable bonds is 2. The number of hydrogen-bond acceptors (Lipinski definition) is 2. The molecule has 0 atom stereocenters. The predicted octanol–water partition coefficient (Wildman–Crippen LogP) is 2.63. The van der Waals surface area contributed by atoms with Crippen LogP contribution in [0.4, 0.5) is 22.0 Å². The van der Waals surface area contributed by atoms with Gasteiger partial charge in [-0.25, -0.2) is 22.0 Å². The lowest BCUT2D eigenvalue weighted by atomic mass is 10.1. The molecular formula is C8H2F5NO2. The fraction of sp³-hybridized carbons (Fsp3) is 0. The normalized spacial score (nSPS) is 11.1. The van der Waals surface area contributed by atoms with E-state index in [-0.39, 0.29) is 12.3 Å². The maximum absolute atomic E-state index is 12.9. The highest BCUT2D eigenvalue weighted by molar-refractivity contribution is 5.50. The lowest BCUT2D eigenvalue weighted by molar-refractivity contribution is -0.401. The van der Waals surface area contributed by atoms with Crippen molar-refractivity contribution in [3.05, 3.63) is 51.0 Å². The van der Waals surface area contributed by atoms with E-state index in [9.17, 15) is 32.1 Å². The summed E-state index contributed by atoms with van der Waals surface area (Å²) in [5.74, 6) is -10.8. The smallest absolute Gasteiger partial charge is 0.235 e. The van der Waals surface area contributed by atoms with Gasteiger partial charge in [-0.1, -0.05) is 0 Å². The van der Waals surface area contributed by atoms with E-state index in [1.54, 1.807) is 0 Å². The fourth-order valence-corrected chi connectivity index (χ4v) is 0.904. The first-order valence-corrected chi connectivity index (χ1v) is 3.69. The van der Waals surface area contributed by atoms with Crippen molar-refractivity contribution in [1.29, 1.82) is 0 Å². The second kappa shape index (κ2) is 4.25. The molecule has 0 radical (unpaired) electrons. The molecule has 1 aromatic rings. The van der Waals surface area contributed by atoms with Crippen molar-refractivity contribution in [3.8, 4) is 0 Å². The topological polar surface area (TPSA) is 43.1 Å². The second-order valence-corrected chi connectivity index (χ2v) is 2.58. The highest BCUT2D eigenvalue weighted by Gasteiger charge is 2.24.